The van der Waals surface area contributed by atoms with Crippen LogP contribution in [0.1, 0.15) is 29.3 Å². The predicted octanol–water partition coefficient (Wildman–Crippen LogP) is 3.87. The van der Waals surface area contributed by atoms with Crippen LogP contribution in [0.5, 0.6) is 0 Å². The van der Waals surface area contributed by atoms with Crippen molar-refractivity contribution in [3.8, 4) is 0 Å². The van der Waals surface area contributed by atoms with E-state index in [4.69, 9.17) is 0 Å². The molecule has 5 heteroatoms. The van der Waals surface area contributed by atoms with Crippen molar-refractivity contribution in [2.75, 3.05) is 13.1 Å². The maximum Gasteiger partial charge on any atom is 0.308 e. The molecule has 2 unspecified atom stereocenters. The van der Waals surface area contributed by atoms with Gasteiger partial charge in [-0.15, -0.1) is 0 Å². The number of aliphatic carboxylic acids is 1. The summed E-state index contributed by atoms with van der Waals surface area (Å²) in [7, 11) is 0. The fourth-order valence-corrected chi connectivity index (χ4v) is 4.19. The Morgan fingerprint density at radius 2 is 1.75 bits per heavy atom. The zero-order chi connectivity index (χ0) is 19.7. The van der Waals surface area contributed by atoms with Gasteiger partial charge in [-0.1, -0.05) is 55.5 Å². The van der Waals surface area contributed by atoms with Crippen LogP contribution >= 0.6 is 0 Å². The smallest absolute Gasteiger partial charge is 0.308 e. The first-order valence-corrected chi connectivity index (χ1v) is 9.67. The highest BCUT2D eigenvalue weighted by Crippen LogP contribution is 2.27. The first-order chi connectivity index (χ1) is 13.5. The maximum absolute atomic E-state index is 13.3. The topological polar surface area (TPSA) is 62.5 Å². The number of rotatable bonds is 4. The van der Waals surface area contributed by atoms with Gasteiger partial charge in [-0.3, -0.25) is 9.59 Å². The summed E-state index contributed by atoms with van der Waals surface area (Å²) in [5.74, 6) is -1.22. The number of carboxylic acids is 1. The summed E-state index contributed by atoms with van der Waals surface area (Å²) >= 11 is 0. The molecule has 0 bridgehead atoms. The van der Waals surface area contributed by atoms with Crippen molar-refractivity contribution in [2.24, 2.45) is 11.8 Å². The Labute approximate surface area is 164 Å². The molecule has 1 aliphatic heterocycles. The van der Waals surface area contributed by atoms with Crippen LogP contribution in [0, 0.1) is 11.8 Å². The Bertz CT molecular complexity index is 1010. The monoisotopic (exact) mass is 376 g/mol. The Hall–Kier alpha value is -3.08. The number of aromatic nitrogens is 1. The van der Waals surface area contributed by atoms with E-state index in [2.05, 4.69) is 16.7 Å². The van der Waals surface area contributed by atoms with Gasteiger partial charge < -0.3 is 14.6 Å². The van der Waals surface area contributed by atoms with E-state index in [0.717, 1.165) is 10.9 Å². The summed E-state index contributed by atoms with van der Waals surface area (Å²) in [4.78, 5) is 26.5. The van der Waals surface area contributed by atoms with E-state index in [1.807, 2.05) is 55.6 Å². The van der Waals surface area contributed by atoms with Crippen LogP contribution < -0.4 is 0 Å². The largest absolute Gasteiger partial charge is 0.481 e. The van der Waals surface area contributed by atoms with Gasteiger partial charge in [0.2, 0.25) is 0 Å². The van der Waals surface area contributed by atoms with Gasteiger partial charge in [0, 0.05) is 36.7 Å². The summed E-state index contributed by atoms with van der Waals surface area (Å²) in [5.41, 5.74) is 2.82. The molecule has 2 aromatic carbocycles. The van der Waals surface area contributed by atoms with E-state index in [-0.39, 0.29) is 18.4 Å². The standard InChI is InChI=1S/C23H24N2O3/c1-16-11-18(23(27)28)14-25(12-16)22(26)20-15-24(13-17-7-3-2-4-8-17)21-10-6-5-9-19(20)21/h2-10,15-16,18H,11-14H2,1H3,(H,27,28). The van der Waals surface area contributed by atoms with Crippen molar-refractivity contribution < 1.29 is 14.7 Å². The molecule has 2 heterocycles. The van der Waals surface area contributed by atoms with Gasteiger partial charge in [0.25, 0.3) is 5.91 Å². The Kier molecular flexibility index (Phi) is 4.90. The van der Waals surface area contributed by atoms with Gasteiger partial charge in [0.1, 0.15) is 0 Å². The normalized spacial score (nSPS) is 19.7. The molecule has 0 radical (unpaired) electrons. The van der Waals surface area contributed by atoms with Crippen molar-refractivity contribution in [1.82, 2.24) is 9.47 Å². The third-order valence-electron chi connectivity index (χ3n) is 5.51. The quantitative estimate of drug-likeness (QED) is 0.752. The van der Waals surface area contributed by atoms with Crippen LogP contribution in [0.3, 0.4) is 0 Å². The molecule has 5 nitrogen and oxygen atoms in total. The summed E-state index contributed by atoms with van der Waals surface area (Å²) in [5, 5.41) is 10.3. The number of carbonyl (C=O) groups is 2. The fraction of sp³-hybridized carbons (Fsp3) is 0.304. The van der Waals surface area contributed by atoms with E-state index in [9.17, 15) is 14.7 Å². The molecule has 1 fully saturated rings. The van der Waals surface area contributed by atoms with Gasteiger partial charge in [0.15, 0.2) is 0 Å². The number of carbonyl (C=O) groups excluding carboxylic acids is 1. The number of benzene rings is 2. The van der Waals surface area contributed by atoms with Crippen molar-refractivity contribution in [3.63, 3.8) is 0 Å². The summed E-state index contributed by atoms with van der Waals surface area (Å²) in [6, 6.07) is 18.0. The number of carboxylic acid groups (broad SMARTS) is 1. The second kappa shape index (κ2) is 7.50. The van der Waals surface area contributed by atoms with Gasteiger partial charge in [0.05, 0.1) is 11.5 Å². The number of amides is 1. The number of likely N-dealkylation sites (tertiary alicyclic amines) is 1. The summed E-state index contributed by atoms with van der Waals surface area (Å²) in [6.45, 7) is 3.56. The van der Waals surface area contributed by atoms with Crippen LogP contribution in [0.2, 0.25) is 0 Å². The lowest BCUT2D eigenvalue weighted by molar-refractivity contribution is -0.143. The van der Waals surface area contributed by atoms with Crippen molar-refractivity contribution in [1.29, 1.82) is 0 Å². The number of fused-ring (bicyclic) bond motifs is 1. The molecule has 1 amide bonds. The second-order valence-electron chi connectivity index (χ2n) is 7.76. The maximum atomic E-state index is 13.3. The lowest BCUT2D eigenvalue weighted by atomic mass is 9.90. The predicted molar refractivity (Wildman–Crippen MR) is 108 cm³/mol. The lowest BCUT2D eigenvalue weighted by Gasteiger charge is -2.34. The lowest BCUT2D eigenvalue weighted by Crippen LogP contribution is -2.45. The number of hydrogen-bond acceptors (Lipinski definition) is 2. The van der Waals surface area contributed by atoms with E-state index in [1.165, 1.54) is 5.56 Å². The van der Waals surface area contributed by atoms with Crippen molar-refractivity contribution >= 4 is 22.8 Å². The minimum Gasteiger partial charge on any atom is -0.481 e. The first-order valence-electron chi connectivity index (χ1n) is 9.67. The fourth-order valence-electron chi connectivity index (χ4n) is 4.19. The summed E-state index contributed by atoms with van der Waals surface area (Å²) < 4.78 is 2.10. The highest BCUT2D eigenvalue weighted by Gasteiger charge is 2.33. The van der Waals surface area contributed by atoms with Crippen LogP contribution in [0.15, 0.2) is 60.8 Å². The SMILES string of the molecule is CC1CC(C(=O)O)CN(C(=O)c2cn(Cc3ccccc3)c3ccccc23)C1. The van der Waals surface area contributed by atoms with Crippen LogP contribution in [-0.2, 0) is 11.3 Å². The Morgan fingerprint density at radius 1 is 1.04 bits per heavy atom. The number of nitrogens with zero attached hydrogens (tertiary/aromatic N) is 2. The minimum absolute atomic E-state index is 0.0826. The first kappa shape index (κ1) is 18.3. The van der Waals surface area contributed by atoms with Crippen LogP contribution in [0.4, 0.5) is 0 Å². The highest BCUT2D eigenvalue weighted by molar-refractivity contribution is 6.07. The third-order valence-corrected chi connectivity index (χ3v) is 5.51. The molecular formula is C23H24N2O3. The zero-order valence-corrected chi connectivity index (χ0v) is 15.9. The van der Waals surface area contributed by atoms with Crippen LogP contribution in [-0.4, -0.2) is 39.5 Å². The van der Waals surface area contributed by atoms with E-state index in [0.29, 0.717) is 25.1 Å². The molecule has 0 aliphatic carbocycles. The van der Waals surface area contributed by atoms with Crippen molar-refractivity contribution in [3.05, 3.63) is 71.9 Å². The second-order valence-corrected chi connectivity index (χ2v) is 7.76. The third kappa shape index (κ3) is 3.52. The molecule has 4 rings (SSSR count). The minimum atomic E-state index is -0.823. The molecule has 0 saturated carbocycles. The van der Waals surface area contributed by atoms with Gasteiger partial charge in [-0.25, -0.2) is 0 Å². The molecule has 1 N–H and O–H groups in total. The Morgan fingerprint density at radius 3 is 2.50 bits per heavy atom. The number of piperidine rings is 1. The van der Waals surface area contributed by atoms with E-state index < -0.39 is 11.9 Å². The molecule has 3 aromatic rings. The average Bonchev–Trinajstić information content (AvgIpc) is 3.06. The molecule has 0 spiro atoms. The molecule has 2 atom stereocenters. The molecule has 1 saturated heterocycles. The Balaban J connectivity index is 1.68. The highest BCUT2D eigenvalue weighted by atomic mass is 16.4. The van der Waals surface area contributed by atoms with Gasteiger partial charge in [-0.2, -0.15) is 0 Å². The number of hydrogen-bond donors (Lipinski definition) is 1. The van der Waals surface area contributed by atoms with Gasteiger partial charge in [-0.05, 0) is 24.0 Å². The van der Waals surface area contributed by atoms with E-state index in [1.54, 1.807) is 4.90 Å². The molecule has 28 heavy (non-hydrogen) atoms. The van der Waals surface area contributed by atoms with Crippen LogP contribution in [0.25, 0.3) is 10.9 Å². The van der Waals surface area contributed by atoms with Gasteiger partial charge >= 0.3 is 5.97 Å². The molecule has 1 aromatic heterocycles. The van der Waals surface area contributed by atoms with Crippen molar-refractivity contribution in [2.45, 2.75) is 19.9 Å². The van der Waals surface area contributed by atoms with E-state index >= 15 is 0 Å². The molecular weight excluding hydrogens is 352 g/mol. The number of para-hydroxylation sites is 1. The average molecular weight is 376 g/mol. The summed E-state index contributed by atoms with van der Waals surface area (Å²) in [6.07, 6.45) is 2.53. The molecule has 1 aliphatic rings. The zero-order valence-electron chi connectivity index (χ0n) is 15.9. The molecule has 144 valence electrons.